The number of morpholine rings is 1. The zero-order valence-corrected chi connectivity index (χ0v) is 12.9. The fourth-order valence-electron chi connectivity index (χ4n) is 2.24. The number of aryl methyl sites for hydroxylation is 1. The second-order valence-corrected chi connectivity index (χ2v) is 5.67. The molecule has 0 radical (unpaired) electrons. The first-order valence-corrected chi connectivity index (χ1v) is 7.33. The molecule has 106 valence electrons. The number of aromatic nitrogens is 1. The van der Waals surface area contributed by atoms with Crippen molar-refractivity contribution in [3.8, 4) is 0 Å². The van der Waals surface area contributed by atoms with E-state index in [1.807, 2.05) is 19.3 Å². The van der Waals surface area contributed by atoms with E-state index in [2.05, 4.69) is 33.1 Å². The predicted octanol–water partition coefficient (Wildman–Crippen LogP) is 1.24. The van der Waals surface area contributed by atoms with Gasteiger partial charge in [0.05, 0.1) is 12.7 Å². The highest BCUT2D eigenvalue weighted by Gasteiger charge is 2.20. The summed E-state index contributed by atoms with van der Waals surface area (Å²) >= 11 is 3.36. The van der Waals surface area contributed by atoms with Crippen LogP contribution < -0.4 is 5.32 Å². The molecule has 1 amide bonds. The van der Waals surface area contributed by atoms with Crippen LogP contribution in [-0.2, 0) is 11.8 Å². The van der Waals surface area contributed by atoms with Crippen LogP contribution in [0.4, 0.5) is 0 Å². The summed E-state index contributed by atoms with van der Waals surface area (Å²) in [6, 6.07) is 1.81. The summed E-state index contributed by atoms with van der Waals surface area (Å²) in [6.45, 7) is 6.32. The molecule has 1 aromatic heterocycles. The first kappa shape index (κ1) is 14.6. The second kappa shape index (κ2) is 6.54. The van der Waals surface area contributed by atoms with Crippen LogP contribution in [0.2, 0.25) is 0 Å². The van der Waals surface area contributed by atoms with Crippen molar-refractivity contribution < 1.29 is 9.53 Å². The first-order chi connectivity index (χ1) is 9.10. The molecule has 1 N–H and O–H groups in total. The smallest absolute Gasteiger partial charge is 0.268 e. The van der Waals surface area contributed by atoms with E-state index in [0.29, 0.717) is 12.2 Å². The van der Waals surface area contributed by atoms with Gasteiger partial charge in [0.1, 0.15) is 5.69 Å². The van der Waals surface area contributed by atoms with Gasteiger partial charge in [-0.2, -0.15) is 0 Å². The lowest BCUT2D eigenvalue weighted by atomic mass is 10.2. The molecule has 0 saturated carbocycles. The lowest BCUT2D eigenvalue weighted by Crippen LogP contribution is -2.47. The third-order valence-corrected chi connectivity index (χ3v) is 3.80. The lowest BCUT2D eigenvalue weighted by Gasteiger charge is -2.32. The van der Waals surface area contributed by atoms with Crippen LogP contribution in [0.15, 0.2) is 16.7 Å². The highest BCUT2D eigenvalue weighted by Crippen LogP contribution is 2.13. The summed E-state index contributed by atoms with van der Waals surface area (Å²) < 4.78 is 8.37. The molecule has 2 heterocycles. The molecule has 2 rings (SSSR count). The highest BCUT2D eigenvalue weighted by molar-refractivity contribution is 9.10. The van der Waals surface area contributed by atoms with Crippen LogP contribution in [0, 0.1) is 0 Å². The van der Waals surface area contributed by atoms with Gasteiger partial charge in [-0.05, 0) is 28.5 Å². The summed E-state index contributed by atoms with van der Waals surface area (Å²) in [4.78, 5) is 14.4. The number of likely N-dealkylation sites (N-methyl/N-ethyl adjacent to an activating group) is 1. The molecule has 0 bridgehead atoms. The van der Waals surface area contributed by atoms with E-state index in [-0.39, 0.29) is 12.0 Å². The molecule has 1 saturated heterocycles. The number of hydrogen-bond acceptors (Lipinski definition) is 3. The topological polar surface area (TPSA) is 46.5 Å². The normalized spacial score (nSPS) is 20.5. The summed E-state index contributed by atoms with van der Waals surface area (Å²) in [6.07, 6.45) is 1.95. The Balaban J connectivity index is 1.85. The van der Waals surface area contributed by atoms with Gasteiger partial charge in [-0.1, -0.05) is 6.92 Å². The average Bonchev–Trinajstić information content (AvgIpc) is 2.75. The van der Waals surface area contributed by atoms with Crippen molar-refractivity contribution in [2.45, 2.75) is 13.0 Å². The average molecular weight is 330 g/mol. The molecule has 1 fully saturated rings. The minimum absolute atomic E-state index is 0.0644. The molecular formula is C13H20BrN3O2. The Morgan fingerprint density at radius 1 is 1.63 bits per heavy atom. The Labute approximate surface area is 122 Å². The van der Waals surface area contributed by atoms with Crippen molar-refractivity contribution in [1.82, 2.24) is 14.8 Å². The minimum Gasteiger partial charge on any atom is -0.374 e. The Kier molecular flexibility index (Phi) is 5.01. The van der Waals surface area contributed by atoms with Gasteiger partial charge in [0.25, 0.3) is 5.91 Å². The maximum atomic E-state index is 12.1. The zero-order chi connectivity index (χ0) is 13.8. The third-order valence-electron chi connectivity index (χ3n) is 3.36. The monoisotopic (exact) mass is 329 g/mol. The molecule has 19 heavy (non-hydrogen) atoms. The van der Waals surface area contributed by atoms with Crippen LogP contribution in [0.3, 0.4) is 0 Å². The van der Waals surface area contributed by atoms with Gasteiger partial charge in [-0.3, -0.25) is 9.69 Å². The molecule has 1 atom stereocenters. The Hall–Kier alpha value is -0.850. The number of nitrogens with zero attached hydrogens (tertiary/aromatic N) is 2. The number of hydrogen-bond donors (Lipinski definition) is 1. The van der Waals surface area contributed by atoms with Gasteiger partial charge in [0, 0.05) is 37.4 Å². The fourth-order valence-corrected chi connectivity index (χ4v) is 2.76. The molecule has 0 aliphatic carbocycles. The van der Waals surface area contributed by atoms with Crippen molar-refractivity contribution >= 4 is 21.8 Å². The van der Waals surface area contributed by atoms with Gasteiger partial charge >= 0.3 is 0 Å². The van der Waals surface area contributed by atoms with Gasteiger partial charge in [-0.25, -0.2) is 0 Å². The molecule has 0 spiro atoms. The van der Waals surface area contributed by atoms with Crippen LogP contribution >= 0.6 is 15.9 Å². The van der Waals surface area contributed by atoms with E-state index in [0.717, 1.165) is 30.7 Å². The molecule has 1 aliphatic heterocycles. The SMILES string of the molecule is CCN1CCOC(CNC(=O)c2cc(Br)cn2C)C1. The standard InChI is InChI=1S/C13H20BrN3O2/c1-3-17-4-5-19-11(9-17)7-15-13(18)12-6-10(14)8-16(12)2/h6,8,11H,3-5,7,9H2,1-2H3,(H,15,18). The van der Waals surface area contributed by atoms with Crippen molar-refractivity contribution in [2.24, 2.45) is 7.05 Å². The highest BCUT2D eigenvalue weighted by atomic mass is 79.9. The fraction of sp³-hybridized carbons (Fsp3) is 0.615. The van der Waals surface area contributed by atoms with Crippen molar-refractivity contribution in [1.29, 1.82) is 0 Å². The first-order valence-electron chi connectivity index (χ1n) is 6.54. The van der Waals surface area contributed by atoms with Crippen LogP contribution in [-0.4, -0.2) is 54.3 Å². The van der Waals surface area contributed by atoms with E-state index in [1.165, 1.54) is 0 Å². The van der Waals surface area contributed by atoms with E-state index in [1.54, 1.807) is 4.57 Å². The number of amides is 1. The van der Waals surface area contributed by atoms with Crippen LogP contribution in [0.1, 0.15) is 17.4 Å². The van der Waals surface area contributed by atoms with E-state index < -0.39 is 0 Å². The molecule has 1 unspecified atom stereocenters. The summed E-state index contributed by atoms with van der Waals surface area (Å²) in [5, 5.41) is 2.94. The van der Waals surface area contributed by atoms with Crippen molar-refractivity contribution in [2.75, 3.05) is 32.8 Å². The van der Waals surface area contributed by atoms with E-state index in [4.69, 9.17) is 4.74 Å². The number of halogens is 1. The second-order valence-electron chi connectivity index (χ2n) is 4.75. The van der Waals surface area contributed by atoms with Gasteiger partial charge < -0.3 is 14.6 Å². The van der Waals surface area contributed by atoms with Gasteiger partial charge in [-0.15, -0.1) is 0 Å². The van der Waals surface area contributed by atoms with Gasteiger partial charge in [0.15, 0.2) is 0 Å². The summed E-state index contributed by atoms with van der Waals surface area (Å²) in [5.74, 6) is -0.0644. The quantitative estimate of drug-likeness (QED) is 0.904. The van der Waals surface area contributed by atoms with E-state index in [9.17, 15) is 4.79 Å². The number of nitrogens with one attached hydrogen (secondary N) is 1. The lowest BCUT2D eigenvalue weighted by molar-refractivity contribution is -0.0246. The molecule has 6 heteroatoms. The maximum absolute atomic E-state index is 12.1. The summed E-state index contributed by atoms with van der Waals surface area (Å²) in [5.41, 5.74) is 0.648. The van der Waals surface area contributed by atoms with E-state index >= 15 is 0 Å². The third kappa shape index (κ3) is 3.81. The molecular weight excluding hydrogens is 310 g/mol. The molecule has 1 aliphatic rings. The Morgan fingerprint density at radius 2 is 2.42 bits per heavy atom. The van der Waals surface area contributed by atoms with Crippen molar-refractivity contribution in [3.63, 3.8) is 0 Å². The molecule has 1 aromatic rings. The van der Waals surface area contributed by atoms with Crippen molar-refractivity contribution in [3.05, 3.63) is 22.4 Å². The minimum atomic E-state index is -0.0644. The summed E-state index contributed by atoms with van der Waals surface area (Å²) in [7, 11) is 1.86. The number of ether oxygens (including phenoxy) is 1. The molecule has 5 nitrogen and oxygen atoms in total. The predicted molar refractivity (Wildman–Crippen MR) is 77.3 cm³/mol. The number of rotatable bonds is 4. The zero-order valence-electron chi connectivity index (χ0n) is 11.4. The number of carbonyl (C=O) groups is 1. The Morgan fingerprint density at radius 3 is 3.05 bits per heavy atom. The number of carbonyl (C=O) groups excluding carboxylic acids is 1. The van der Waals surface area contributed by atoms with Gasteiger partial charge in [0.2, 0.25) is 0 Å². The van der Waals surface area contributed by atoms with Crippen LogP contribution in [0.5, 0.6) is 0 Å². The van der Waals surface area contributed by atoms with Crippen LogP contribution in [0.25, 0.3) is 0 Å². The largest absolute Gasteiger partial charge is 0.374 e. The molecule has 0 aromatic carbocycles. The maximum Gasteiger partial charge on any atom is 0.268 e. The Bertz CT molecular complexity index is 447.